The summed E-state index contributed by atoms with van der Waals surface area (Å²) in [5.74, 6) is 1.76. The standard InChI is InChI=1S/C14H27NO/c1-3-11-4-6-13(7-5-11)15(2)10-12-8-14(16)9-12/h11-14,16H,3-10H2,1-2H3. The Bertz CT molecular complexity index is 205. The molecule has 2 heteroatoms. The summed E-state index contributed by atoms with van der Waals surface area (Å²) in [5.41, 5.74) is 0. The minimum absolute atomic E-state index is 0.00854. The molecule has 0 atom stereocenters. The molecule has 2 saturated carbocycles. The maximum Gasteiger partial charge on any atom is 0.0546 e. The topological polar surface area (TPSA) is 23.5 Å². The molecule has 0 heterocycles. The predicted octanol–water partition coefficient (Wildman–Crippen LogP) is 2.66. The highest BCUT2D eigenvalue weighted by Crippen LogP contribution is 2.32. The molecule has 0 aromatic carbocycles. The van der Waals surface area contributed by atoms with Crippen LogP contribution in [0.2, 0.25) is 0 Å². The van der Waals surface area contributed by atoms with Gasteiger partial charge in [-0.1, -0.05) is 13.3 Å². The summed E-state index contributed by atoms with van der Waals surface area (Å²) in [6.07, 6.45) is 9.09. The fraction of sp³-hybridized carbons (Fsp3) is 1.00. The van der Waals surface area contributed by atoms with Gasteiger partial charge in [0, 0.05) is 12.6 Å². The van der Waals surface area contributed by atoms with Gasteiger partial charge >= 0.3 is 0 Å². The second-order valence-electron chi connectivity index (χ2n) is 6.01. The largest absolute Gasteiger partial charge is 0.393 e. The number of hydrogen-bond donors (Lipinski definition) is 1. The van der Waals surface area contributed by atoms with Crippen LogP contribution in [0, 0.1) is 11.8 Å². The molecule has 0 radical (unpaired) electrons. The van der Waals surface area contributed by atoms with Crippen LogP contribution in [0.5, 0.6) is 0 Å². The lowest BCUT2D eigenvalue weighted by molar-refractivity contribution is 0.0175. The zero-order chi connectivity index (χ0) is 11.5. The SMILES string of the molecule is CCC1CCC(N(C)CC2CC(O)C2)CC1. The van der Waals surface area contributed by atoms with Crippen molar-refractivity contribution in [1.29, 1.82) is 0 Å². The van der Waals surface area contributed by atoms with E-state index < -0.39 is 0 Å². The van der Waals surface area contributed by atoms with Gasteiger partial charge < -0.3 is 10.0 Å². The lowest BCUT2D eigenvalue weighted by Gasteiger charge is -2.39. The lowest BCUT2D eigenvalue weighted by atomic mass is 9.80. The Morgan fingerprint density at radius 2 is 1.69 bits per heavy atom. The summed E-state index contributed by atoms with van der Waals surface area (Å²) in [6, 6.07) is 0.820. The molecule has 16 heavy (non-hydrogen) atoms. The van der Waals surface area contributed by atoms with E-state index >= 15 is 0 Å². The van der Waals surface area contributed by atoms with Crippen molar-refractivity contribution in [3.63, 3.8) is 0 Å². The summed E-state index contributed by atoms with van der Waals surface area (Å²) in [7, 11) is 2.28. The predicted molar refractivity (Wildman–Crippen MR) is 67.4 cm³/mol. The molecule has 2 aliphatic carbocycles. The molecular formula is C14H27NO. The molecular weight excluding hydrogens is 198 g/mol. The molecule has 2 rings (SSSR count). The molecule has 2 aliphatic rings. The number of aliphatic hydroxyl groups is 1. The molecule has 2 fully saturated rings. The molecule has 0 spiro atoms. The molecule has 0 bridgehead atoms. The van der Waals surface area contributed by atoms with Crippen LogP contribution in [0.15, 0.2) is 0 Å². The molecule has 94 valence electrons. The Labute approximate surface area is 100 Å². The smallest absolute Gasteiger partial charge is 0.0546 e. The fourth-order valence-corrected chi connectivity index (χ4v) is 3.40. The molecule has 0 amide bonds. The van der Waals surface area contributed by atoms with E-state index in [1.807, 2.05) is 0 Å². The summed E-state index contributed by atoms with van der Waals surface area (Å²) in [6.45, 7) is 3.53. The van der Waals surface area contributed by atoms with E-state index in [0.717, 1.165) is 30.7 Å². The molecule has 0 aliphatic heterocycles. The van der Waals surface area contributed by atoms with Gasteiger partial charge in [-0.15, -0.1) is 0 Å². The van der Waals surface area contributed by atoms with Gasteiger partial charge in [0.05, 0.1) is 6.10 Å². The second-order valence-corrected chi connectivity index (χ2v) is 6.01. The third-order valence-electron chi connectivity index (χ3n) is 4.77. The van der Waals surface area contributed by atoms with Crippen molar-refractivity contribution in [2.75, 3.05) is 13.6 Å². The number of aliphatic hydroxyl groups excluding tert-OH is 1. The molecule has 0 aromatic heterocycles. The van der Waals surface area contributed by atoms with Crippen LogP contribution in [0.1, 0.15) is 51.9 Å². The van der Waals surface area contributed by atoms with Gasteiger partial charge in [-0.25, -0.2) is 0 Å². The van der Waals surface area contributed by atoms with Crippen molar-refractivity contribution in [1.82, 2.24) is 4.90 Å². The van der Waals surface area contributed by atoms with Crippen molar-refractivity contribution in [3.05, 3.63) is 0 Å². The summed E-state index contributed by atoms with van der Waals surface area (Å²) < 4.78 is 0. The normalized spacial score (nSPS) is 39.8. The van der Waals surface area contributed by atoms with Crippen LogP contribution in [-0.2, 0) is 0 Å². The van der Waals surface area contributed by atoms with E-state index in [0.29, 0.717) is 0 Å². The minimum atomic E-state index is 0.00854. The van der Waals surface area contributed by atoms with Crippen LogP contribution < -0.4 is 0 Å². The van der Waals surface area contributed by atoms with E-state index in [-0.39, 0.29) is 6.10 Å². The van der Waals surface area contributed by atoms with Gasteiger partial charge in [-0.2, -0.15) is 0 Å². The average Bonchev–Trinajstić information content (AvgIpc) is 2.27. The first-order valence-corrected chi connectivity index (χ1v) is 7.07. The van der Waals surface area contributed by atoms with E-state index in [1.165, 1.54) is 38.6 Å². The van der Waals surface area contributed by atoms with E-state index in [2.05, 4.69) is 18.9 Å². The zero-order valence-electron chi connectivity index (χ0n) is 10.9. The number of hydrogen-bond acceptors (Lipinski definition) is 2. The Kier molecular flexibility index (Phi) is 4.26. The van der Waals surface area contributed by atoms with Crippen LogP contribution in [0.25, 0.3) is 0 Å². The summed E-state index contributed by atoms with van der Waals surface area (Å²) >= 11 is 0. The quantitative estimate of drug-likeness (QED) is 0.795. The van der Waals surface area contributed by atoms with E-state index in [1.54, 1.807) is 0 Å². The van der Waals surface area contributed by atoms with Gasteiger partial charge in [-0.05, 0) is 57.4 Å². The van der Waals surface area contributed by atoms with Crippen molar-refractivity contribution >= 4 is 0 Å². The van der Waals surface area contributed by atoms with Crippen LogP contribution in [0.4, 0.5) is 0 Å². The Hall–Kier alpha value is -0.0800. The maximum atomic E-state index is 9.29. The molecule has 0 unspecified atom stereocenters. The lowest BCUT2D eigenvalue weighted by Crippen LogP contribution is -2.42. The van der Waals surface area contributed by atoms with Gasteiger partial charge in [-0.3, -0.25) is 0 Å². The van der Waals surface area contributed by atoms with Crippen LogP contribution in [-0.4, -0.2) is 35.7 Å². The van der Waals surface area contributed by atoms with Gasteiger partial charge in [0.25, 0.3) is 0 Å². The molecule has 2 nitrogen and oxygen atoms in total. The first-order chi connectivity index (χ1) is 7.69. The number of nitrogens with zero attached hydrogens (tertiary/aromatic N) is 1. The first kappa shape index (κ1) is 12.4. The van der Waals surface area contributed by atoms with Crippen molar-refractivity contribution in [2.24, 2.45) is 11.8 Å². The third-order valence-corrected chi connectivity index (χ3v) is 4.77. The van der Waals surface area contributed by atoms with Gasteiger partial charge in [0.2, 0.25) is 0 Å². The van der Waals surface area contributed by atoms with E-state index in [4.69, 9.17) is 0 Å². The van der Waals surface area contributed by atoms with Gasteiger partial charge in [0.15, 0.2) is 0 Å². The van der Waals surface area contributed by atoms with Crippen molar-refractivity contribution in [2.45, 2.75) is 64.0 Å². The molecule has 0 aromatic rings. The summed E-state index contributed by atoms with van der Waals surface area (Å²) in [5, 5.41) is 9.29. The monoisotopic (exact) mass is 225 g/mol. The minimum Gasteiger partial charge on any atom is -0.393 e. The number of rotatable bonds is 4. The Balaban J connectivity index is 1.67. The summed E-state index contributed by atoms with van der Waals surface area (Å²) in [4.78, 5) is 2.56. The third kappa shape index (κ3) is 2.98. The zero-order valence-corrected chi connectivity index (χ0v) is 10.9. The maximum absolute atomic E-state index is 9.29. The second kappa shape index (κ2) is 5.50. The highest BCUT2D eigenvalue weighted by atomic mass is 16.3. The fourth-order valence-electron chi connectivity index (χ4n) is 3.40. The molecule has 1 N–H and O–H groups in total. The van der Waals surface area contributed by atoms with Crippen molar-refractivity contribution < 1.29 is 5.11 Å². The Morgan fingerprint density at radius 1 is 1.06 bits per heavy atom. The van der Waals surface area contributed by atoms with E-state index in [9.17, 15) is 5.11 Å². The van der Waals surface area contributed by atoms with Crippen LogP contribution in [0.3, 0.4) is 0 Å². The molecule has 0 saturated heterocycles. The van der Waals surface area contributed by atoms with Crippen LogP contribution >= 0.6 is 0 Å². The van der Waals surface area contributed by atoms with Crippen molar-refractivity contribution in [3.8, 4) is 0 Å². The highest BCUT2D eigenvalue weighted by molar-refractivity contribution is 4.84. The first-order valence-electron chi connectivity index (χ1n) is 7.07. The Morgan fingerprint density at radius 3 is 2.19 bits per heavy atom. The highest BCUT2D eigenvalue weighted by Gasteiger charge is 2.30. The average molecular weight is 225 g/mol. The van der Waals surface area contributed by atoms with Gasteiger partial charge in [0.1, 0.15) is 0 Å².